The number of nitrogens with zero attached hydrogens (tertiary/aromatic N) is 1. The minimum absolute atomic E-state index is 0.00231. The predicted octanol–water partition coefficient (Wildman–Crippen LogP) is 1.47. The van der Waals surface area contributed by atoms with Crippen molar-refractivity contribution in [1.29, 1.82) is 0 Å². The molecule has 0 unspecified atom stereocenters. The Morgan fingerprint density at radius 3 is 2.65 bits per heavy atom. The van der Waals surface area contributed by atoms with E-state index < -0.39 is 10.0 Å². The van der Waals surface area contributed by atoms with Crippen LogP contribution in [0.5, 0.6) is 0 Å². The first kappa shape index (κ1) is 14.0. The van der Waals surface area contributed by atoms with Gasteiger partial charge >= 0.3 is 0 Å². The molecule has 0 atom stereocenters. The van der Waals surface area contributed by atoms with E-state index in [1.807, 2.05) is 6.07 Å². The van der Waals surface area contributed by atoms with E-state index in [0.717, 1.165) is 25.9 Å². The second kappa shape index (κ2) is 5.13. The van der Waals surface area contributed by atoms with Gasteiger partial charge in [-0.1, -0.05) is 24.3 Å². The summed E-state index contributed by atoms with van der Waals surface area (Å²) < 4.78 is 26.3. The molecule has 1 aromatic carbocycles. The fourth-order valence-electron chi connectivity index (χ4n) is 3.56. The van der Waals surface area contributed by atoms with Crippen LogP contribution < -0.4 is 5.32 Å². The largest absolute Gasteiger partial charge is 0.317 e. The zero-order valence-corrected chi connectivity index (χ0v) is 12.7. The lowest BCUT2D eigenvalue weighted by atomic mass is 9.70. The van der Waals surface area contributed by atoms with E-state index in [-0.39, 0.29) is 11.2 Å². The molecule has 0 radical (unpaired) electrons. The van der Waals surface area contributed by atoms with Gasteiger partial charge in [-0.05, 0) is 44.0 Å². The number of sulfonamides is 1. The van der Waals surface area contributed by atoms with Crippen molar-refractivity contribution in [2.45, 2.75) is 31.7 Å². The molecular weight excluding hydrogens is 272 g/mol. The van der Waals surface area contributed by atoms with Crippen molar-refractivity contribution in [3.63, 3.8) is 0 Å². The summed E-state index contributed by atoms with van der Waals surface area (Å²) >= 11 is 0. The number of hydrogen-bond donors (Lipinski definition) is 1. The Hall–Kier alpha value is -0.910. The maximum Gasteiger partial charge on any atom is 0.214 e. The number of benzene rings is 1. The van der Waals surface area contributed by atoms with Gasteiger partial charge in [-0.15, -0.1) is 0 Å². The number of nitrogens with one attached hydrogen (secondary N) is 1. The van der Waals surface area contributed by atoms with Crippen molar-refractivity contribution in [3.05, 3.63) is 35.4 Å². The molecule has 4 nitrogen and oxygen atoms in total. The van der Waals surface area contributed by atoms with Gasteiger partial charge in [-0.2, -0.15) is 4.31 Å². The van der Waals surface area contributed by atoms with Gasteiger partial charge in [-0.3, -0.25) is 0 Å². The van der Waals surface area contributed by atoms with E-state index in [1.54, 1.807) is 11.2 Å². The van der Waals surface area contributed by atoms with Crippen molar-refractivity contribution >= 4 is 10.0 Å². The van der Waals surface area contributed by atoms with Crippen LogP contribution in [-0.2, 0) is 22.0 Å². The molecule has 2 aliphatic heterocycles. The van der Waals surface area contributed by atoms with Crippen LogP contribution >= 0.6 is 0 Å². The molecule has 1 saturated heterocycles. The molecule has 110 valence electrons. The molecule has 3 rings (SSSR count). The molecule has 0 bridgehead atoms. The van der Waals surface area contributed by atoms with Gasteiger partial charge in [0.25, 0.3) is 0 Å². The van der Waals surface area contributed by atoms with Crippen LogP contribution in [0.3, 0.4) is 0 Å². The Kier molecular flexibility index (Phi) is 3.60. The van der Waals surface area contributed by atoms with Crippen LogP contribution in [0.15, 0.2) is 24.3 Å². The first-order valence-corrected chi connectivity index (χ1v) is 8.95. The Bertz CT molecular complexity index is 592. The summed E-state index contributed by atoms with van der Waals surface area (Å²) in [5.74, 6) is 0.184. The molecule has 5 heteroatoms. The van der Waals surface area contributed by atoms with E-state index >= 15 is 0 Å². The Morgan fingerprint density at radius 1 is 1.25 bits per heavy atom. The van der Waals surface area contributed by atoms with Crippen LogP contribution in [0.4, 0.5) is 0 Å². The SMILES string of the molecule is CCS(=O)(=O)N1Cc2ccccc2C2(CCNCC2)C1. The van der Waals surface area contributed by atoms with Gasteiger partial charge in [0.15, 0.2) is 0 Å². The average Bonchev–Trinajstić information content (AvgIpc) is 2.48. The fraction of sp³-hybridized carbons (Fsp3) is 0.600. The number of rotatable bonds is 2. The smallest absolute Gasteiger partial charge is 0.214 e. The monoisotopic (exact) mass is 294 g/mol. The Balaban J connectivity index is 2.05. The average molecular weight is 294 g/mol. The van der Waals surface area contributed by atoms with Gasteiger partial charge in [0.1, 0.15) is 0 Å². The third-order valence-electron chi connectivity index (χ3n) is 4.73. The second-order valence-corrected chi connectivity index (χ2v) is 8.11. The van der Waals surface area contributed by atoms with E-state index in [0.29, 0.717) is 13.1 Å². The summed E-state index contributed by atoms with van der Waals surface area (Å²) in [7, 11) is -3.13. The maximum atomic E-state index is 12.3. The first-order chi connectivity index (χ1) is 9.57. The van der Waals surface area contributed by atoms with E-state index in [9.17, 15) is 8.42 Å². The zero-order valence-electron chi connectivity index (χ0n) is 11.9. The van der Waals surface area contributed by atoms with Gasteiger partial charge in [-0.25, -0.2) is 8.42 Å². The summed E-state index contributed by atoms with van der Waals surface area (Å²) in [5.41, 5.74) is 2.55. The molecule has 1 spiro atoms. The Morgan fingerprint density at radius 2 is 1.95 bits per heavy atom. The van der Waals surface area contributed by atoms with Crippen LogP contribution in [-0.4, -0.2) is 38.1 Å². The van der Waals surface area contributed by atoms with Gasteiger partial charge in [0.05, 0.1) is 5.75 Å². The molecule has 20 heavy (non-hydrogen) atoms. The molecule has 1 aromatic rings. The number of piperidine rings is 1. The molecule has 0 aromatic heterocycles. The number of hydrogen-bond acceptors (Lipinski definition) is 3. The zero-order chi connectivity index (χ0) is 14.2. The van der Waals surface area contributed by atoms with E-state index in [1.165, 1.54) is 11.1 Å². The highest BCUT2D eigenvalue weighted by Gasteiger charge is 2.42. The van der Waals surface area contributed by atoms with Gasteiger partial charge in [0, 0.05) is 18.5 Å². The third-order valence-corrected chi connectivity index (χ3v) is 6.51. The molecule has 0 amide bonds. The lowest BCUT2D eigenvalue weighted by Crippen LogP contribution is -2.52. The van der Waals surface area contributed by atoms with Crippen molar-refractivity contribution in [2.24, 2.45) is 0 Å². The molecule has 2 aliphatic rings. The van der Waals surface area contributed by atoms with Crippen molar-refractivity contribution in [1.82, 2.24) is 9.62 Å². The molecule has 1 N–H and O–H groups in total. The highest BCUT2D eigenvalue weighted by molar-refractivity contribution is 7.89. The van der Waals surface area contributed by atoms with E-state index in [2.05, 4.69) is 23.5 Å². The van der Waals surface area contributed by atoms with Crippen LogP contribution in [0.25, 0.3) is 0 Å². The fourth-order valence-corrected chi connectivity index (χ4v) is 4.70. The van der Waals surface area contributed by atoms with E-state index in [4.69, 9.17) is 0 Å². The minimum atomic E-state index is -3.13. The number of fused-ring (bicyclic) bond motifs is 2. The quantitative estimate of drug-likeness (QED) is 0.898. The Labute approximate surface area is 121 Å². The van der Waals surface area contributed by atoms with Crippen molar-refractivity contribution < 1.29 is 8.42 Å². The van der Waals surface area contributed by atoms with Crippen LogP contribution in [0, 0.1) is 0 Å². The van der Waals surface area contributed by atoms with Gasteiger partial charge in [0.2, 0.25) is 10.0 Å². The summed E-state index contributed by atoms with van der Waals surface area (Å²) in [4.78, 5) is 0. The van der Waals surface area contributed by atoms with Crippen molar-refractivity contribution in [2.75, 3.05) is 25.4 Å². The summed E-state index contributed by atoms with van der Waals surface area (Å²) in [6.45, 7) is 4.83. The third kappa shape index (κ3) is 2.28. The standard InChI is InChI=1S/C15H22N2O2S/c1-2-20(18,19)17-11-13-5-3-4-6-14(13)15(12-17)7-9-16-10-8-15/h3-6,16H,2,7-12H2,1H3. The first-order valence-electron chi connectivity index (χ1n) is 7.34. The lowest BCUT2D eigenvalue weighted by Gasteiger charge is -2.46. The molecule has 0 saturated carbocycles. The van der Waals surface area contributed by atoms with Crippen LogP contribution in [0.2, 0.25) is 0 Å². The predicted molar refractivity (Wildman–Crippen MR) is 80.1 cm³/mol. The topological polar surface area (TPSA) is 49.4 Å². The maximum absolute atomic E-state index is 12.3. The highest BCUT2D eigenvalue weighted by Crippen LogP contribution is 2.41. The van der Waals surface area contributed by atoms with Crippen LogP contribution in [0.1, 0.15) is 30.9 Å². The molecule has 1 fully saturated rings. The molecule has 2 heterocycles. The lowest BCUT2D eigenvalue weighted by molar-refractivity contribution is 0.215. The van der Waals surface area contributed by atoms with Crippen molar-refractivity contribution in [3.8, 4) is 0 Å². The minimum Gasteiger partial charge on any atom is -0.317 e. The highest BCUT2D eigenvalue weighted by atomic mass is 32.2. The second-order valence-electron chi connectivity index (χ2n) is 5.86. The summed E-state index contributed by atoms with van der Waals surface area (Å²) in [6, 6.07) is 8.36. The normalized spacial score (nSPS) is 22.6. The molecular formula is C15H22N2O2S. The molecule has 0 aliphatic carbocycles. The van der Waals surface area contributed by atoms with Gasteiger partial charge < -0.3 is 5.32 Å². The summed E-state index contributed by atoms with van der Waals surface area (Å²) in [5, 5.41) is 3.39. The summed E-state index contributed by atoms with van der Waals surface area (Å²) in [6.07, 6.45) is 2.03.